The van der Waals surface area contributed by atoms with Gasteiger partial charge in [-0.05, 0) is 43.4 Å². The van der Waals surface area contributed by atoms with Gasteiger partial charge in [0, 0.05) is 61.2 Å². The topological polar surface area (TPSA) is 108 Å². The van der Waals surface area contributed by atoms with Gasteiger partial charge in [0.2, 0.25) is 5.91 Å². The lowest BCUT2D eigenvalue weighted by atomic mass is 9.66. The van der Waals surface area contributed by atoms with Gasteiger partial charge in [-0.15, -0.1) is 10.2 Å². The first-order chi connectivity index (χ1) is 17.4. The summed E-state index contributed by atoms with van der Waals surface area (Å²) >= 11 is 0. The van der Waals surface area contributed by atoms with Crippen LogP contribution in [0.1, 0.15) is 38.0 Å². The van der Waals surface area contributed by atoms with Gasteiger partial charge < -0.3 is 24.7 Å². The van der Waals surface area contributed by atoms with E-state index in [9.17, 15) is 9.90 Å². The summed E-state index contributed by atoms with van der Waals surface area (Å²) in [7, 11) is 0. The van der Waals surface area contributed by atoms with Crippen LogP contribution in [0, 0.1) is 11.8 Å². The van der Waals surface area contributed by atoms with Crippen LogP contribution in [0.5, 0.6) is 5.75 Å². The highest BCUT2D eigenvalue weighted by atomic mass is 16.5. The van der Waals surface area contributed by atoms with Crippen LogP contribution in [0.25, 0.3) is 11.3 Å². The zero-order valence-electron chi connectivity index (χ0n) is 20.8. The van der Waals surface area contributed by atoms with Gasteiger partial charge in [-0.3, -0.25) is 4.79 Å². The highest BCUT2D eigenvalue weighted by molar-refractivity contribution is 5.81. The highest BCUT2D eigenvalue weighted by Crippen LogP contribution is 2.48. The Morgan fingerprint density at radius 2 is 1.94 bits per heavy atom. The van der Waals surface area contributed by atoms with E-state index in [1.165, 1.54) is 0 Å². The van der Waals surface area contributed by atoms with Crippen molar-refractivity contribution in [3.63, 3.8) is 0 Å². The normalized spacial score (nSPS) is 23.0. The first-order valence-electron chi connectivity index (χ1n) is 12.8. The molecule has 0 atom stereocenters. The third-order valence-corrected chi connectivity index (χ3v) is 7.66. The first-order valence-corrected chi connectivity index (χ1v) is 12.8. The number of hydrogen-bond donors (Lipinski definition) is 2. The van der Waals surface area contributed by atoms with Gasteiger partial charge in [-0.2, -0.15) is 0 Å². The van der Waals surface area contributed by atoms with E-state index in [2.05, 4.69) is 39.4 Å². The van der Waals surface area contributed by atoms with Gasteiger partial charge in [0.15, 0.2) is 11.6 Å². The number of piperazine rings is 1. The number of para-hydroxylation sites is 1. The summed E-state index contributed by atoms with van der Waals surface area (Å²) in [6.45, 7) is 7.28. The first kappa shape index (κ1) is 22.8. The van der Waals surface area contributed by atoms with Crippen LogP contribution < -0.4 is 10.2 Å². The van der Waals surface area contributed by atoms with Gasteiger partial charge in [-0.25, -0.2) is 0 Å². The van der Waals surface area contributed by atoms with Crippen LogP contribution in [0.4, 0.5) is 11.6 Å². The fraction of sp³-hybridized carbons (Fsp3) is 0.481. The maximum absolute atomic E-state index is 13.2. The minimum atomic E-state index is -0.121. The number of nitrogens with zero attached hydrogens (tertiary/aromatic N) is 5. The molecule has 1 aliphatic carbocycles. The largest absolute Gasteiger partial charge is 0.507 e. The summed E-state index contributed by atoms with van der Waals surface area (Å²) in [6.07, 6.45) is 3.31. The molecule has 1 spiro atoms. The lowest BCUT2D eigenvalue weighted by molar-refractivity contribution is -0.140. The molecule has 1 aromatic carbocycles. The minimum Gasteiger partial charge on any atom is -0.507 e. The molecule has 9 nitrogen and oxygen atoms in total. The van der Waals surface area contributed by atoms with Crippen LogP contribution in [0.3, 0.4) is 0 Å². The Bertz CT molecular complexity index is 1270. The smallest absolute Gasteiger partial charge is 0.225 e. The second-order valence-electron chi connectivity index (χ2n) is 10.9. The molecule has 3 aromatic rings. The number of carbonyl (C=O) groups excluding carboxylic acids is 1. The van der Waals surface area contributed by atoms with Gasteiger partial charge in [0.05, 0.1) is 5.69 Å². The van der Waals surface area contributed by atoms with E-state index in [4.69, 9.17) is 4.52 Å². The van der Waals surface area contributed by atoms with Crippen molar-refractivity contribution < 1.29 is 14.4 Å². The van der Waals surface area contributed by atoms with Crippen molar-refractivity contribution in [1.29, 1.82) is 0 Å². The van der Waals surface area contributed by atoms with Crippen LogP contribution in [-0.2, 0) is 17.6 Å². The standard InChI is InChI=1S/C27H32N6O3/c1-17(2)11-20-13-24(31-36-20)32-7-9-33(10-8-32)26(35)19-15-27(16-19)14-18-12-22(29-30-25(18)28-27)21-5-3-4-6-23(21)34/h3-6,12-13,17,19,34H,7-11,14-16H2,1-2H3,(H,28,30). The number of amides is 1. The summed E-state index contributed by atoms with van der Waals surface area (Å²) in [5, 5.41) is 26.6. The lowest BCUT2D eigenvalue weighted by Gasteiger charge is -2.47. The quantitative estimate of drug-likeness (QED) is 0.562. The van der Waals surface area contributed by atoms with E-state index in [-0.39, 0.29) is 23.1 Å². The number of rotatable bonds is 5. The van der Waals surface area contributed by atoms with Crippen LogP contribution in [-0.4, -0.2) is 63.0 Å². The Hall–Kier alpha value is -3.62. The number of aromatic hydroxyl groups is 1. The Kier molecular flexibility index (Phi) is 5.58. The molecule has 2 fully saturated rings. The average molecular weight is 489 g/mol. The van der Waals surface area contributed by atoms with Gasteiger partial charge in [0.1, 0.15) is 11.5 Å². The molecule has 2 N–H and O–H groups in total. The molecule has 6 rings (SSSR count). The molecule has 0 unspecified atom stereocenters. The molecule has 1 amide bonds. The summed E-state index contributed by atoms with van der Waals surface area (Å²) in [6, 6.07) is 11.2. The molecule has 36 heavy (non-hydrogen) atoms. The fourth-order valence-corrected chi connectivity index (χ4v) is 5.82. The van der Waals surface area contributed by atoms with E-state index in [0.29, 0.717) is 30.3 Å². The molecule has 0 bridgehead atoms. The number of benzene rings is 1. The van der Waals surface area contributed by atoms with Crippen molar-refractivity contribution >= 4 is 17.5 Å². The number of aromatic nitrogens is 3. The Morgan fingerprint density at radius 1 is 1.17 bits per heavy atom. The number of anilines is 2. The number of phenolic OH excluding ortho intramolecular Hbond substituents is 1. The average Bonchev–Trinajstić information content (AvgIpc) is 3.47. The lowest BCUT2D eigenvalue weighted by Crippen LogP contribution is -2.57. The number of phenols is 1. The zero-order valence-corrected chi connectivity index (χ0v) is 20.8. The molecule has 1 saturated carbocycles. The maximum atomic E-state index is 13.2. The number of nitrogens with one attached hydrogen (secondary N) is 1. The Balaban J connectivity index is 1.03. The third-order valence-electron chi connectivity index (χ3n) is 7.66. The number of carbonyl (C=O) groups is 1. The number of fused-ring (bicyclic) bond motifs is 1. The minimum absolute atomic E-state index is 0.0358. The predicted octanol–water partition coefficient (Wildman–Crippen LogP) is 3.50. The van der Waals surface area contributed by atoms with Gasteiger partial charge >= 0.3 is 0 Å². The van der Waals surface area contributed by atoms with Crippen molar-refractivity contribution in [3.05, 3.63) is 47.7 Å². The van der Waals surface area contributed by atoms with Crippen LogP contribution in [0.2, 0.25) is 0 Å². The van der Waals surface area contributed by atoms with Crippen molar-refractivity contribution in [2.24, 2.45) is 11.8 Å². The monoisotopic (exact) mass is 488 g/mol. The summed E-state index contributed by atoms with van der Waals surface area (Å²) in [4.78, 5) is 17.4. The molecule has 0 radical (unpaired) electrons. The van der Waals surface area contributed by atoms with E-state index in [1.54, 1.807) is 12.1 Å². The van der Waals surface area contributed by atoms with Crippen LogP contribution in [0.15, 0.2) is 40.9 Å². The molecular formula is C27H32N6O3. The molecule has 1 saturated heterocycles. The Morgan fingerprint density at radius 3 is 2.69 bits per heavy atom. The SMILES string of the molecule is CC(C)Cc1cc(N2CCN(C(=O)C3CC4(Cc5cc(-c6ccccc6O)nnc5N4)C3)CC2)no1. The third kappa shape index (κ3) is 4.16. The van der Waals surface area contributed by atoms with Crippen molar-refractivity contribution in [2.75, 3.05) is 36.4 Å². The second-order valence-corrected chi connectivity index (χ2v) is 10.9. The predicted molar refractivity (Wildman–Crippen MR) is 136 cm³/mol. The molecule has 188 valence electrons. The van der Waals surface area contributed by atoms with Gasteiger partial charge in [-0.1, -0.05) is 31.1 Å². The van der Waals surface area contributed by atoms with Crippen molar-refractivity contribution in [3.8, 4) is 17.0 Å². The maximum Gasteiger partial charge on any atom is 0.225 e. The molecule has 9 heteroatoms. The zero-order chi connectivity index (χ0) is 24.9. The molecule has 2 aromatic heterocycles. The van der Waals surface area contributed by atoms with E-state index < -0.39 is 0 Å². The summed E-state index contributed by atoms with van der Waals surface area (Å²) in [5.74, 6) is 3.59. The summed E-state index contributed by atoms with van der Waals surface area (Å²) < 4.78 is 5.49. The fourth-order valence-electron chi connectivity index (χ4n) is 5.82. The Labute approximate surface area is 210 Å². The van der Waals surface area contributed by atoms with E-state index >= 15 is 0 Å². The molecule has 4 heterocycles. The van der Waals surface area contributed by atoms with E-state index in [0.717, 1.165) is 61.7 Å². The molecule has 2 aliphatic heterocycles. The summed E-state index contributed by atoms with van der Waals surface area (Å²) in [5.41, 5.74) is 2.31. The molecular weight excluding hydrogens is 456 g/mol. The molecule has 3 aliphatic rings. The second kappa shape index (κ2) is 8.80. The van der Waals surface area contributed by atoms with Crippen LogP contribution >= 0.6 is 0 Å². The van der Waals surface area contributed by atoms with Crippen molar-refractivity contribution in [1.82, 2.24) is 20.3 Å². The van der Waals surface area contributed by atoms with Crippen molar-refractivity contribution in [2.45, 2.75) is 45.1 Å². The van der Waals surface area contributed by atoms with Gasteiger partial charge in [0.25, 0.3) is 0 Å². The number of hydrogen-bond acceptors (Lipinski definition) is 8. The van der Waals surface area contributed by atoms with E-state index in [1.807, 2.05) is 29.2 Å². The highest BCUT2D eigenvalue weighted by Gasteiger charge is 2.52.